The van der Waals surface area contributed by atoms with Crippen LogP contribution in [0.1, 0.15) is 23.1 Å². The molecule has 186 valence electrons. The van der Waals surface area contributed by atoms with Crippen molar-refractivity contribution < 1.29 is 22.8 Å². The number of halogens is 3. The molecule has 1 atom stereocenters. The van der Waals surface area contributed by atoms with Gasteiger partial charge in [-0.25, -0.2) is 4.99 Å². The molecule has 0 aromatic heterocycles. The molecule has 0 spiro atoms. The van der Waals surface area contributed by atoms with Crippen molar-refractivity contribution in [2.45, 2.75) is 30.8 Å². The van der Waals surface area contributed by atoms with Crippen molar-refractivity contribution in [3.8, 4) is 0 Å². The van der Waals surface area contributed by atoms with Crippen LogP contribution in [0.3, 0.4) is 0 Å². The van der Waals surface area contributed by atoms with Crippen molar-refractivity contribution in [1.29, 1.82) is 0 Å². The zero-order chi connectivity index (χ0) is 25.5. The number of thioether (sulfide) groups is 1. The maximum absolute atomic E-state index is 13.2. The Kier molecular flexibility index (Phi) is 8.10. The molecule has 0 radical (unpaired) electrons. The van der Waals surface area contributed by atoms with E-state index in [9.17, 15) is 22.8 Å². The number of hydrogen-bond donors (Lipinski definition) is 1. The van der Waals surface area contributed by atoms with Gasteiger partial charge < -0.3 is 5.32 Å². The second-order valence-corrected chi connectivity index (χ2v) is 9.42. The van der Waals surface area contributed by atoms with Crippen molar-refractivity contribution in [2.24, 2.45) is 4.99 Å². The Labute approximate surface area is 211 Å². The van der Waals surface area contributed by atoms with Gasteiger partial charge in [0.25, 0.3) is 0 Å². The maximum Gasteiger partial charge on any atom is 0.416 e. The first kappa shape index (κ1) is 25.5. The molecule has 1 saturated heterocycles. The third-order valence-electron chi connectivity index (χ3n) is 5.57. The summed E-state index contributed by atoms with van der Waals surface area (Å²) in [4.78, 5) is 31.8. The van der Waals surface area contributed by atoms with E-state index in [0.717, 1.165) is 35.0 Å². The standard InChI is InChI=1S/C27H24F3N3O2S/c28-27(29,30)21-12-7-13-22(16-21)32-26-33(18-20-10-5-2-6-11-20)24(34)17-23(36-26)25(35)31-15-14-19-8-3-1-4-9-19/h1-13,16,23H,14-15,17-18H2,(H,31,35). The van der Waals surface area contributed by atoms with Crippen LogP contribution in [0, 0.1) is 0 Å². The minimum absolute atomic E-state index is 0.0315. The molecule has 36 heavy (non-hydrogen) atoms. The molecule has 3 aromatic carbocycles. The molecular formula is C27H24F3N3O2S. The van der Waals surface area contributed by atoms with Crippen LogP contribution < -0.4 is 5.32 Å². The third-order valence-corrected chi connectivity index (χ3v) is 6.76. The van der Waals surface area contributed by atoms with Crippen molar-refractivity contribution in [1.82, 2.24) is 10.2 Å². The molecule has 9 heteroatoms. The average molecular weight is 512 g/mol. The fraction of sp³-hybridized carbons (Fsp3) is 0.222. The van der Waals surface area contributed by atoms with E-state index >= 15 is 0 Å². The van der Waals surface area contributed by atoms with E-state index in [2.05, 4.69) is 10.3 Å². The summed E-state index contributed by atoms with van der Waals surface area (Å²) in [5.74, 6) is -0.619. The number of benzene rings is 3. The summed E-state index contributed by atoms with van der Waals surface area (Å²) in [5.41, 5.74) is 1.14. The van der Waals surface area contributed by atoms with Gasteiger partial charge in [-0.2, -0.15) is 13.2 Å². The van der Waals surface area contributed by atoms with Gasteiger partial charge >= 0.3 is 6.18 Å². The summed E-state index contributed by atoms with van der Waals surface area (Å²) in [5, 5.41) is 2.33. The number of rotatable bonds is 7. The van der Waals surface area contributed by atoms with Crippen LogP contribution in [-0.4, -0.2) is 33.7 Å². The summed E-state index contributed by atoms with van der Waals surface area (Å²) in [6.45, 7) is 0.606. The minimum Gasteiger partial charge on any atom is -0.355 e. The number of carbonyl (C=O) groups is 2. The molecule has 1 fully saturated rings. The lowest BCUT2D eigenvalue weighted by atomic mass is 10.1. The highest BCUT2D eigenvalue weighted by Crippen LogP contribution is 2.34. The van der Waals surface area contributed by atoms with Gasteiger partial charge in [-0.05, 0) is 35.7 Å². The molecule has 1 aliphatic heterocycles. The molecule has 1 aliphatic rings. The Hall–Kier alpha value is -3.59. The second-order valence-electron chi connectivity index (χ2n) is 8.25. The molecular weight excluding hydrogens is 487 g/mol. The predicted octanol–water partition coefficient (Wildman–Crippen LogP) is 5.59. The third kappa shape index (κ3) is 6.75. The SMILES string of the molecule is O=C(NCCc1ccccc1)C1CC(=O)N(Cc2ccccc2)C(=Nc2cccc(C(F)(F)F)c2)S1. The van der Waals surface area contributed by atoms with Crippen molar-refractivity contribution in [3.05, 3.63) is 102 Å². The van der Waals surface area contributed by atoms with Gasteiger partial charge in [0.2, 0.25) is 11.8 Å². The molecule has 4 rings (SSSR count). The largest absolute Gasteiger partial charge is 0.416 e. The number of aliphatic imine (C=N–C) groups is 1. The van der Waals surface area contributed by atoms with Crippen LogP contribution >= 0.6 is 11.8 Å². The zero-order valence-electron chi connectivity index (χ0n) is 19.2. The summed E-state index contributed by atoms with van der Waals surface area (Å²) in [6.07, 6.45) is -3.91. The Morgan fingerprint density at radius 2 is 1.64 bits per heavy atom. The summed E-state index contributed by atoms with van der Waals surface area (Å²) >= 11 is 1.09. The van der Waals surface area contributed by atoms with Gasteiger partial charge in [0.1, 0.15) is 0 Å². The first-order valence-corrected chi connectivity index (χ1v) is 12.3. The van der Waals surface area contributed by atoms with Crippen LogP contribution in [0.5, 0.6) is 0 Å². The van der Waals surface area contributed by atoms with Crippen LogP contribution in [0.25, 0.3) is 0 Å². The van der Waals surface area contributed by atoms with E-state index in [1.807, 2.05) is 60.7 Å². The molecule has 0 saturated carbocycles. The van der Waals surface area contributed by atoms with E-state index < -0.39 is 17.0 Å². The van der Waals surface area contributed by atoms with Gasteiger partial charge in [0.15, 0.2) is 5.17 Å². The molecule has 2 amide bonds. The molecule has 1 heterocycles. The normalized spacial score (nSPS) is 17.3. The lowest BCUT2D eigenvalue weighted by Gasteiger charge is -2.32. The zero-order valence-corrected chi connectivity index (χ0v) is 20.1. The van der Waals surface area contributed by atoms with E-state index in [4.69, 9.17) is 0 Å². The molecule has 0 aliphatic carbocycles. The molecule has 1 N–H and O–H groups in total. The highest BCUT2D eigenvalue weighted by Gasteiger charge is 2.36. The van der Waals surface area contributed by atoms with Crippen molar-refractivity contribution >= 4 is 34.4 Å². The van der Waals surface area contributed by atoms with Crippen molar-refractivity contribution in [3.63, 3.8) is 0 Å². The van der Waals surface area contributed by atoms with Gasteiger partial charge in [-0.3, -0.25) is 14.5 Å². The van der Waals surface area contributed by atoms with Gasteiger partial charge in [-0.15, -0.1) is 0 Å². The van der Waals surface area contributed by atoms with E-state index in [0.29, 0.717) is 13.0 Å². The molecule has 1 unspecified atom stereocenters. The maximum atomic E-state index is 13.2. The minimum atomic E-state index is -4.52. The fourth-order valence-electron chi connectivity index (χ4n) is 3.71. The Morgan fingerprint density at radius 1 is 0.972 bits per heavy atom. The topological polar surface area (TPSA) is 61.8 Å². The number of amides is 2. The van der Waals surface area contributed by atoms with Crippen LogP contribution in [-0.2, 0) is 28.7 Å². The second kappa shape index (κ2) is 11.4. The van der Waals surface area contributed by atoms with Crippen LogP contribution in [0.2, 0.25) is 0 Å². The average Bonchev–Trinajstić information content (AvgIpc) is 2.87. The quantitative estimate of drug-likeness (QED) is 0.450. The van der Waals surface area contributed by atoms with Gasteiger partial charge in [0, 0.05) is 13.0 Å². The number of hydrogen-bond acceptors (Lipinski definition) is 4. The summed E-state index contributed by atoms with van der Waals surface area (Å²) in [7, 11) is 0. The first-order valence-electron chi connectivity index (χ1n) is 11.4. The van der Waals surface area contributed by atoms with Gasteiger partial charge in [-0.1, -0.05) is 78.5 Å². The molecule has 3 aromatic rings. The van der Waals surface area contributed by atoms with E-state index in [1.165, 1.54) is 17.0 Å². The highest BCUT2D eigenvalue weighted by molar-refractivity contribution is 8.15. The first-order chi connectivity index (χ1) is 17.3. The Morgan fingerprint density at radius 3 is 2.31 bits per heavy atom. The predicted molar refractivity (Wildman–Crippen MR) is 135 cm³/mol. The van der Waals surface area contributed by atoms with Crippen molar-refractivity contribution in [2.75, 3.05) is 6.54 Å². The fourth-order valence-corrected chi connectivity index (χ4v) is 4.84. The number of amidine groups is 1. The van der Waals surface area contributed by atoms with Crippen LogP contribution in [0.15, 0.2) is 89.9 Å². The summed E-state index contributed by atoms with van der Waals surface area (Å²) < 4.78 is 39.6. The lowest BCUT2D eigenvalue weighted by molar-refractivity contribution is -0.137. The number of nitrogens with zero attached hydrogens (tertiary/aromatic N) is 2. The Balaban J connectivity index is 1.54. The lowest BCUT2D eigenvalue weighted by Crippen LogP contribution is -2.46. The molecule has 5 nitrogen and oxygen atoms in total. The highest BCUT2D eigenvalue weighted by atomic mass is 32.2. The van der Waals surface area contributed by atoms with Gasteiger partial charge in [0.05, 0.1) is 23.0 Å². The van der Waals surface area contributed by atoms with E-state index in [-0.39, 0.29) is 35.6 Å². The molecule has 0 bridgehead atoms. The number of carbonyl (C=O) groups excluding carboxylic acids is 2. The smallest absolute Gasteiger partial charge is 0.355 e. The number of nitrogens with one attached hydrogen (secondary N) is 1. The number of alkyl halides is 3. The Bertz CT molecular complexity index is 1230. The monoisotopic (exact) mass is 511 g/mol. The van der Waals surface area contributed by atoms with E-state index in [1.54, 1.807) is 0 Å². The van der Waals surface area contributed by atoms with Crippen LogP contribution in [0.4, 0.5) is 18.9 Å². The summed E-state index contributed by atoms with van der Waals surface area (Å²) in [6, 6.07) is 23.5.